The van der Waals surface area contributed by atoms with Crippen molar-refractivity contribution in [2.24, 2.45) is 0 Å². The number of carbonyl (C=O) groups is 4. The number of amides is 5. The summed E-state index contributed by atoms with van der Waals surface area (Å²) >= 11 is 0. The molecule has 3 aromatic carbocycles. The van der Waals surface area contributed by atoms with E-state index in [9.17, 15) is 19.2 Å². The molecule has 1 fully saturated rings. The Bertz CT molecular complexity index is 1570. The molecule has 1 aromatic heterocycles. The fraction of sp³-hybridized carbons (Fsp3) is 0.185. The largest absolute Gasteiger partial charge is 0.456 e. The van der Waals surface area contributed by atoms with E-state index in [-0.39, 0.29) is 37.4 Å². The Hall–Kier alpha value is -4.66. The summed E-state index contributed by atoms with van der Waals surface area (Å²) in [6.07, 6.45) is 0.531. The first-order chi connectivity index (χ1) is 17.5. The molecule has 36 heavy (non-hydrogen) atoms. The summed E-state index contributed by atoms with van der Waals surface area (Å²) in [5.41, 5.74) is 4.25. The van der Waals surface area contributed by atoms with E-state index in [0.29, 0.717) is 23.3 Å². The van der Waals surface area contributed by atoms with Crippen LogP contribution in [0.3, 0.4) is 0 Å². The van der Waals surface area contributed by atoms with Crippen molar-refractivity contribution in [3.63, 3.8) is 0 Å². The predicted molar refractivity (Wildman–Crippen MR) is 132 cm³/mol. The zero-order valence-electron chi connectivity index (χ0n) is 19.2. The van der Waals surface area contributed by atoms with Crippen LogP contribution >= 0.6 is 0 Å². The van der Waals surface area contributed by atoms with Gasteiger partial charge in [-0.25, -0.2) is 4.79 Å². The standard InChI is InChI=1S/C27H22N4O5/c32-24-10-9-21(25(33)30-24)31-14-16-11-15(5-7-18(16)26(31)34)13-28-27(35)29-17-6-8-20-19-3-1-2-4-22(19)36-23(20)12-17/h1-8,11-12,21H,9-10,13-14H2,(H2,28,29,35)(H,30,32,33). The molecule has 0 bridgehead atoms. The highest BCUT2D eigenvalue weighted by atomic mass is 16.3. The van der Waals surface area contributed by atoms with Crippen LogP contribution in [0.15, 0.2) is 65.1 Å². The van der Waals surface area contributed by atoms with Gasteiger partial charge >= 0.3 is 6.03 Å². The second-order valence-corrected chi connectivity index (χ2v) is 9.01. The first-order valence-electron chi connectivity index (χ1n) is 11.7. The number of benzene rings is 3. The zero-order valence-corrected chi connectivity index (χ0v) is 19.2. The smallest absolute Gasteiger partial charge is 0.319 e. The summed E-state index contributed by atoms with van der Waals surface area (Å²) in [7, 11) is 0. The van der Waals surface area contributed by atoms with E-state index in [1.54, 1.807) is 18.2 Å². The second kappa shape index (κ2) is 8.53. The summed E-state index contributed by atoms with van der Waals surface area (Å²) in [4.78, 5) is 50.5. The maximum absolute atomic E-state index is 12.8. The van der Waals surface area contributed by atoms with Crippen LogP contribution in [0.1, 0.15) is 34.3 Å². The number of para-hydroxylation sites is 1. The molecule has 3 N–H and O–H groups in total. The molecule has 1 saturated heterocycles. The molecule has 1 atom stereocenters. The SMILES string of the molecule is O=C1CCC(N2Cc3cc(CNC(=O)Nc4ccc5c(c4)oc4ccccc45)ccc3C2=O)C(=O)N1. The van der Waals surface area contributed by atoms with Crippen LogP contribution in [0, 0.1) is 0 Å². The molecule has 0 spiro atoms. The lowest BCUT2D eigenvalue weighted by Gasteiger charge is -2.29. The minimum Gasteiger partial charge on any atom is -0.456 e. The quantitative estimate of drug-likeness (QED) is 0.383. The molecule has 180 valence electrons. The number of carbonyl (C=O) groups excluding carboxylic acids is 4. The molecule has 9 nitrogen and oxygen atoms in total. The van der Waals surface area contributed by atoms with Gasteiger partial charge in [-0.2, -0.15) is 0 Å². The number of imide groups is 1. The number of hydrogen-bond donors (Lipinski definition) is 3. The van der Waals surface area contributed by atoms with Gasteiger partial charge in [-0.15, -0.1) is 0 Å². The number of piperidine rings is 1. The number of nitrogens with one attached hydrogen (secondary N) is 3. The van der Waals surface area contributed by atoms with Gasteiger partial charge in [0.2, 0.25) is 11.8 Å². The number of furan rings is 1. The van der Waals surface area contributed by atoms with Gasteiger partial charge in [0.25, 0.3) is 5.91 Å². The average Bonchev–Trinajstić information content (AvgIpc) is 3.39. The van der Waals surface area contributed by atoms with Gasteiger partial charge in [0.05, 0.1) is 0 Å². The number of urea groups is 1. The normalized spacial score (nSPS) is 17.4. The van der Waals surface area contributed by atoms with E-state index in [4.69, 9.17) is 4.42 Å². The van der Waals surface area contributed by atoms with Gasteiger partial charge in [-0.05, 0) is 41.8 Å². The van der Waals surface area contributed by atoms with Crippen molar-refractivity contribution >= 4 is 51.4 Å². The van der Waals surface area contributed by atoms with Crippen LogP contribution in [-0.4, -0.2) is 34.7 Å². The Kier molecular flexibility index (Phi) is 5.18. The molecule has 5 amide bonds. The Morgan fingerprint density at radius 3 is 2.69 bits per heavy atom. The Morgan fingerprint density at radius 2 is 1.83 bits per heavy atom. The van der Waals surface area contributed by atoms with Crippen LogP contribution in [0.2, 0.25) is 0 Å². The molecular weight excluding hydrogens is 460 g/mol. The highest BCUT2D eigenvalue weighted by Crippen LogP contribution is 2.31. The van der Waals surface area contributed by atoms with Gasteiger partial charge in [0.1, 0.15) is 17.2 Å². The summed E-state index contributed by atoms with van der Waals surface area (Å²) in [5.74, 6) is -0.978. The molecule has 1 unspecified atom stereocenters. The highest BCUT2D eigenvalue weighted by Gasteiger charge is 2.39. The van der Waals surface area contributed by atoms with Gasteiger partial charge in [0.15, 0.2) is 0 Å². The number of anilines is 1. The first-order valence-corrected chi connectivity index (χ1v) is 11.7. The third kappa shape index (κ3) is 3.84. The molecule has 0 aliphatic carbocycles. The van der Waals surface area contributed by atoms with Crippen LogP contribution in [0.25, 0.3) is 21.9 Å². The third-order valence-electron chi connectivity index (χ3n) is 6.68. The summed E-state index contributed by atoms with van der Waals surface area (Å²) in [6, 6.07) is 17.6. The first kappa shape index (κ1) is 21.8. The van der Waals surface area contributed by atoms with Crippen LogP contribution in [-0.2, 0) is 22.7 Å². The van der Waals surface area contributed by atoms with E-state index >= 15 is 0 Å². The highest BCUT2D eigenvalue weighted by molar-refractivity contribution is 6.07. The zero-order chi connectivity index (χ0) is 24.8. The number of rotatable bonds is 4. The minimum absolute atomic E-state index is 0.212. The van der Waals surface area contributed by atoms with E-state index in [0.717, 1.165) is 27.5 Å². The predicted octanol–water partition coefficient (Wildman–Crippen LogP) is 3.67. The lowest BCUT2D eigenvalue weighted by atomic mass is 10.0. The van der Waals surface area contributed by atoms with E-state index in [1.165, 1.54) is 4.90 Å². The molecule has 0 saturated carbocycles. The van der Waals surface area contributed by atoms with Crippen molar-refractivity contribution in [3.05, 3.63) is 77.4 Å². The van der Waals surface area contributed by atoms with Crippen molar-refractivity contribution in [2.75, 3.05) is 5.32 Å². The maximum atomic E-state index is 12.8. The summed E-state index contributed by atoms with van der Waals surface area (Å²) in [6.45, 7) is 0.552. The molecule has 4 aromatic rings. The van der Waals surface area contributed by atoms with Crippen molar-refractivity contribution in [1.82, 2.24) is 15.5 Å². The molecule has 2 aliphatic heterocycles. The van der Waals surface area contributed by atoms with Crippen LogP contribution < -0.4 is 16.0 Å². The molecular formula is C27H22N4O5. The van der Waals surface area contributed by atoms with Crippen molar-refractivity contribution in [1.29, 1.82) is 0 Å². The molecule has 2 aliphatic rings. The van der Waals surface area contributed by atoms with Gasteiger partial charge < -0.3 is 20.0 Å². The Morgan fingerprint density at radius 1 is 1.00 bits per heavy atom. The van der Waals surface area contributed by atoms with E-state index < -0.39 is 11.9 Å². The fourth-order valence-electron chi connectivity index (χ4n) is 4.90. The molecule has 6 rings (SSSR count). The molecule has 0 radical (unpaired) electrons. The van der Waals surface area contributed by atoms with E-state index in [1.807, 2.05) is 42.5 Å². The van der Waals surface area contributed by atoms with Gasteiger partial charge in [-0.3, -0.25) is 19.7 Å². The van der Waals surface area contributed by atoms with Crippen LogP contribution in [0.4, 0.5) is 10.5 Å². The number of hydrogen-bond acceptors (Lipinski definition) is 5. The average molecular weight is 482 g/mol. The second-order valence-electron chi connectivity index (χ2n) is 9.01. The maximum Gasteiger partial charge on any atom is 0.319 e. The lowest BCUT2D eigenvalue weighted by Crippen LogP contribution is -2.52. The van der Waals surface area contributed by atoms with Crippen LogP contribution in [0.5, 0.6) is 0 Å². The van der Waals surface area contributed by atoms with Crippen molar-refractivity contribution in [3.8, 4) is 0 Å². The fourth-order valence-corrected chi connectivity index (χ4v) is 4.90. The van der Waals surface area contributed by atoms with E-state index in [2.05, 4.69) is 16.0 Å². The molecule has 9 heteroatoms. The van der Waals surface area contributed by atoms with Crippen molar-refractivity contribution < 1.29 is 23.6 Å². The monoisotopic (exact) mass is 482 g/mol. The van der Waals surface area contributed by atoms with Crippen molar-refractivity contribution in [2.45, 2.75) is 32.0 Å². The Balaban J connectivity index is 1.10. The Labute approximate surface area is 205 Å². The number of nitrogens with zero attached hydrogens (tertiary/aromatic N) is 1. The van der Waals surface area contributed by atoms with Gasteiger partial charge in [0, 0.05) is 47.6 Å². The number of fused-ring (bicyclic) bond motifs is 4. The minimum atomic E-state index is -0.654. The van der Waals surface area contributed by atoms with Gasteiger partial charge in [-0.1, -0.05) is 30.3 Å². The lowest BCUT2D eigenvalue weighted by molar-refractivity contribution is -0.136. The third-order valence-corrected chi connectivity index (χ3v) is 6.68. The molecule has 3 heterocycles. The summed E-state index contributed by atoms with van der Waals surface area (Å²) < 4.78 is 5.87. The topological polar surface area (TPSA) is 121 Å². The summed E-state index contributed by atoms with van der Waals surface area (Å²) in [5, 5.41) is 9.96.